The second-order valence-electron chi connectivity index (χ2n) is 7.25. The minimum absolute atomic E-state index is 0.316. The van der Waals surface area contributed by atoms with E-state index in [0.717, 1.165) is 30.3 Å². The molecule has 138 valence electrons. The monoisotopic (exact) mass is 352 g/mol. The summed E-state index contributed by atoms with van der Waals surface area (Å²) >= 11 is 0. The van der Waals surface area contributed by atoms with Gasteiger partial charge in [-0.3, -0.25) is 4.79 Å². The smallest absolute Gasteiger partial charge is 0.303 e. The van der Waals surface area contributed by atoms with Gasteiger partial charge in [0.05, 0.1) is 11.1 Å². The molecule has 0 radical (unpaired) electrons. The van der Waals surface area contributed by atoms with Crippen molar-refractivity contribution in [2.45, 2.75) is 70.6 Å². The molecule has 1 N–H and O–H groups in total. The maximum absolute atomic E-state index is 10.4. The van der Waals surface area contributed by atoms with Crippen LogP contribution in [0.5, 0.6) is 0 Å². The van der Waals surface area contributed by atoms with Gasteiger partial charge in [-0.15, -0.1) is 0 Å². The van der Waals surface area contributed by atoms with Gasteiger partial charge in [-0.25, -0.2) is 0 Å². The zero-order valence-corrected chi connectivity index (χ0v) is 15.4. The number of nitrogens with zero attached hydrogens (tertiary/aromatic N) is 2. The van der Waals surface area contributed by atoms with E-state index in [0.29, 0.717) is 6.42 Å². The molecule has 0 atom stereocenters. The van der Waals surface area contributed by atoms with Crippen molar-refractivity contribution in [3.8, 4) is 0 Å². The summed E-state index contributed by atoms with van der Waals surface area (Å²) in [7, 11) is 0. The summed E-state index contributed by atoms with van der Waals surface area (Å²) < 4.78 is 0. The molecule has 0 saturated heterocycles. The largest absolute Gasteiger partial charge is 0.481 e. The Hall–Kier alpha value is -2.23. The molecule has 0 spiro atoms. The molecule has 26 heavy (non-hydrogen) atoms. The molecule has 3 rings (SSSR count). The van der Waals surface area contributed by atoms with Crippen LogP contribution in [-0.4, -0.2) is 16.8 Å². The van der Waals surface area contributed by atoms with E-state index in [-0.39, 0.29) is 0 Å². The van der Waals surface area contributed by atoms with Crippen LogP contribution in [0.25, 0.3) is 12.2 Å². The molecule has 1 aromatic carbocycles. The number of rotatable bonds is 12. The molecule has 4 heteroatoms. The van der Waals surface area contributed by atoms with Gasteiger partial charge in [-0.1, -0.05) is 63.2 Å². The highest BCUT2D eigenvalue weighted by Crippen LogP contribution is 2.14. The molecule has 1 aromatic rings. The molecule has 0 bridgehead atoms. The molecular weight excluding hydrogens is 324 g/mol. The average Bonchev–Trinajstić information content (AvgIpc) is 3.23. The van der Waals surface area contributed by atoms with E-state index in [1.807, 2.05) is 0 Å². The molecule has 0 aromatic heterocycles. The summed E-state index contributed by atoms with van der Waals surface area (Å²) in [6.45, 7) is 0. The van der Waals surface area contributed by atoms with Gasteiger partial charge in [0, 0.05) is 12.0 Å². The van der Waals surface area contributed by atoms with E-state index >= 15 is 0 Å². The first kappa shape index (κ1) is 18.6. The number of carboxylic acids is 1. The Kier molecular flexibility index (Phi) is 6.75. The Morgan fingerprint density at radius 3 is 2.31 bits per heavy atom. The number of hydrogen-bond acceptors (Lipinski definition) is 3. The molecule has 0 saturated carbocycles. The van der Waals surface area contributed by atoms with Gasteiger partial charge in [0.25, 0.3) is 0 Å². The minimum Gasteiger partial charge on any atom is -0.481 e. The van der Waals surface area contributed by atoms with E-state index in [1.165, 1.54) is 61.3 Å². The highest BCUT2D eigenvalue weighted by Gasteiger charge is 2.13. The van der Waals surface area contributed by atoms with Gasteiger partial charge in [0.2, 0.25) is 0 Å². The number of carbonyl (C=O) groups is 1. The van der Waals surface area contributed by atoms with Crippen LogP contribution >= 0.6 is 0 Å². The fourth-order valence-electron chi connectivity index (χ4n) is 3.64. The lowest BCUT2D eigenvalue weighted by molar-refractivity contribution is -0.137. The number of unbranched alkanes of at least 4 members (excludes halogenated alkanes) is 8. The van der Waals surface area contributed by atoms with Crippen LogP contribution in [0.2, 0.25) is 0 Å². The Morgan fingerprint density at radius 1 is 0.885 bits per heavy atom. The maximum atomic E-state index is 10.4. The minimum atomic E-state index is -0.675. The van der Waals surface area contributed by atoms with E-state index in [2.05, 4.69) is 40.6 Å². The zero-order valence-electron chi connectivity index (χ0n) is 15.4. The lowest BCUT2D eigenvalue weighted by Crippen LogP contribution is -2.18. The van der Waals surface area contributed by atoms with Crippen LogP contribution in [0.3, 0.4) is 0 Å². The van der Waals surface area contributed by atoms with Crippen LogP contribution in [-0.2, 0) is 4.79 Å². The van der Waals surface area contributed by atoms with Crippen molar-refractivity contribution in [2.24, 2.45) is 10.2 Å². The number of hydrogen-bond donors (Lipinski definition) is 1. The second kappa shape index (κ2) is 9.46. The third kappa shape index (κ3) is 5.13. The fraction of sp³-hybridized carbons (Fsp3) is 0.500. The van der Waals surface area contributed by atoms with Crippen LogP contribution in [0.1, 0.15) is 81.8 Å². The molecule has 4 nitrogen and oxygen atoms in total. The van der Waals surface area contributed by atoms with Gasteiger partial charge in [-0.2, -0.15) is 10.2 Å². The molecular formula is C22H28N2O2. The first-order valence-electron chi connectivity index (χ1n) is 9.93. The van der Waals surface area contributed by atoms with Gasteiger partial charge >= 0.3 is 5.97 Å². The van der Waals surface area contributed by atoms with Gasteiger partial charge < -0.3 is 5.11 Å². The molecule has 0 fully saturated rings. The number of carboxylic acid groups (broad SMARTS) is 1. The fourth-order valence-corrected chi connectivity index (χ4v) is 3.64. The normalized spacial score (nSPS) is 13.8. The number of aliphatic carboxylic acids is 1. The zero-order chi connectivity index (χ0) is 18.2. The van der Waals surface area contributed by atoms with Crippen LogP contribution in [0.4, 0.5) is 0 Å². The molecule has 1 heterocycles. The van der Waals surface area contributed by atoms with E-state index < -0.39 is 5.97 Å². The van der Waals surface area contributed by atoms with Gasteiger partial charge in [0.15, 0.2) is 0 Å². The Bertz CT molecular complexity index is 821. The van der Waals surface area contributed by atoms with E-state index in [1.54, 1.807) is 0 Å². The second-order valence-corrected chi connectivity index (χ2v) is 7.25. The Morgan fingerprint density at radius 2 is 1.58 bits per heavy atom. The summed E-state index contributed by atoms with van der Waals surface area (Å²) in [6, 6.07) is 4.36. The summed E-state index contributed by atoms with van der Waals surface area (Å²) in [5.41, 5.74) is 3.60. The van der Waals surface area contributed by atoms with Crippen LogP contribution in [0.15, 0.2) is 28.4 Å². The number of fused-ring (bicyclic) bond motifs is 2. The highest BCUT2D eigenvalue weighted by atomic mass is 16.4. The summed E-state index contributed by atoms with van der Waals surface area (Å²) in [5, 5.41) is 19.6. The summed E-state index contributed by atoms with van der Waals surface area (Å²) in [5.74, 6) is -0.675. The lowest BCUT2D eigenvalue weighted by Gasteiger charge is -2.04. The molecule has 1 aliphatic carbocycles. The van der Waals surface area contributed by atoms with Crippen molar-refractivity contribution in [3.05, 3.63) is 39.9 Å². The average molecular weight is 352 g/mol. The highest BCUT2D eigenvalue weighted by molar-refractivity contribution is 6.01. The van der Waals surface area contributed by atoms with Crippen molar-refractivity contribution < 1.29 is 9.90 Å². The van der Waals surface area contributed by atoms with E-state index in [4.69, 9.17) is 5.11 Å². The van der Waals surface area contributed by atoms with Crippen LogP contribution < -0.4 is 10.6 Å². The van der Waals surface area contributed by atoms with Crippen LogP contribution in [0, 0.1) is 0 Å². The Balaban J connectivity index is 1.26. The van der Waals surface area contributed by atoms with Crippen molar-refractivity contribution in [3.63, 3.8) is 0 Å². The molecule has 1 aliphatic heterocycles. The maximum Gasteiger partial charge on any atom is 0.303 e. The third-order valence-corrected chi connectivity index (χ3v) is 5.15. The predicted octanol–water partition coefficient (Wildman–Crippen LogP) is 4.21. The third-order valence-electron chi connectivity index (χ3n) is 5.15. The first-order valence-corrected chi connectivity index (χ1v) is 9.93. The van der Waals surface area contributed by atoms with Gasteiger partial charge in [0.1, 0.15) is 0 Å². The van der Waals surface area contributed by atoms with Crippen molar-refractivity contribution in [2.75, 3.05) is 0 Å². The van der Waals surface area contributed by atoms with Crippen molar-refractivity contribution in [1.82, 2.24) is 0 Å². The first-order chi connectivity index (χ1) is 12.7. The Labute approximate surface area is 155 Å². The SMILES string of the molecule is O=C(O)CCCCCCCCCCCC1=NN=c2cc3c(cc21)=CC=C3. The van der Waals surface area contributed by atoms with Crippen molar-refractivity contribution >= 4 is 23.8 Å². The molecule has 0 amide bonds. The quantitative estimate of drug-likeness (QED) is 0.573. The topological polar surface area (TPSA) is 62.0 Å². The summed E-state index contributed by atoms with van der Waals surface area (Å²) in [6.07, 6.45) is 18.2. The number of benzene rings is 1. The molecule has 2 aliphatic rings. The standard InChI is InChI=1S/C22H28N2O2/c25-22(26)14-9-7-5-3-1-2-4-6-8-13-20-19-15-17-11-10-12-18(17)16-21(19)24-23-20/h10-12,15-16H,1-9,13-14H2,(H,25,26). The molecule has 0 unspecified atom stereocenters. The summed E-state index contributed by atoms with van der Waals surface area (Å²) in [4.78, 5) is 10.4. The van der Waals surface area contributed by atoms with E-state index in [9.17, 15) is 4.79 Å². The van der Waals surface area contributed by atoms with Gasteiger partial charge in [-0.05, 0) is 42.2 Å². The number of allylic oxidation sites excluding steroid dienone is 1. The predicted molar refractivity (Wildman–Crippen MR) is 106 cm³/mol. The van der Waals surface area contributed by atoms with Crippen molar-refractivity contribution in [1.29, 1.82) is 0 Å². The lowest BCUT2D eigenvalue weighted by atomic mass is 10.0.